The molecule has 0 aromatic carbocycles. The average molecular weight is 400 g/mol. The predicted octanol–water partition coefficient (Wildman–Crippen LogP) is 6.16. The van der Waals surface area contributed by atoms with Gasteiger partial charge in [-0.3, -0.25) is 4.79 Å². The third kappa shape index (κ3) is 2.42. The van der Waals surface area contributed by atoms with Gasteiger partial charge >= 0.3 is 5.97 Å². The minimum Gasteiger partial charge on any atom is -0.447 e. The highest BCUT2D eigenvalue weighted by Gasteiger charge is 2.69. The fraction of sp³-hybridized carbons (Fsp3) is 0.0690. The van der Waals surface area contributed by atoms with Gasteiger partial charge in [0.15, 0.2) is 11.0 Å². The summed E-state index contributed by atoms with van der Waals surface area (Å²) in [5.41, 5.74) is 4.54. The molecule has 0 atom stereocenters. The van der Waals surface area contributed by atoms with Crippen LogP contribution in [0.4, 0.5) is 0 Å². The van der Waals surface area contributed by atoms with Crippen molar-refractivity contribution in [3.63, 3.8) is 0 Å². The van der Waals surface area contributed by atoms with Crippen LogP contribution in [0.15, 0.2) is 121 Å². The first-order valence-corrected chi connectivity index (χ1v) is 10.5. The Kier molecular flexibility index (Phi) is 3.78. The molecule has 148 valence electrons. The van der Waals surface area contributed by atoms with Crippen molar-refractivity contribution in [2.24, 2.45) is 0 Å². The first-order chi connectivity index (χ1) is 15.2. The summed E-state index contributed by atoms with van der Waals surface area (Å²) in [7, 11) is 0. The predicted molar refractivity (Wildman–Crippen MR) is 123 cm³/mol. The number of carbonyl (C=O) groups excluding carboxylic acids is 1. The highest BCUT2D eigenvalue weighted by Crippen LogP contribution is 2.57. The molecule has 0 bridgehead atoms. The van der Waals surface area contributed by atoms with Gasteiger partial charge in [-0.1, -0.05) is 85.0 Å². The lowest BCUT2D eigenvalue weighted by Crippen LogP contribution is -2.68. The molecule has 2 nitrogen and oxygen atoms in total. The molecule has 1 heterocycles. The average Bonchev–Trinajstić information content (AvgIpc) is 3.05. The van der Waals surface area contributed by atoms with Gasteiger partial charge in [-0.05, 0) is 69.8 Å². The molecule has 31 heavy (non-hydrogen) atoms. The lowest BCUT2D eigenvalue weighted by molar-refractivity contribution is -0.193. The highest BCUT2D eigenvalue weighted by molar-refractivity contribution is 5.99. The minimum atomic E-state index is -0.943. The molecule has 1 spiro atoms. The van der Waals surface area contributed by atoms with E-state index in [4.69, 9.17) is 4.74 Å². The maximum Gasteiger partial charge on any atom is 0.327 e. The van der Waals surface area contributed by atoms with E-state index in [-0.39, 0.29) is 5.97 Å². The zero-order valence-electron chi connectivity index (χ0n) is 16.9. The summed E-state index contributed by atoms with van der Waals surface area (Å²) >= 11 is 0. The van der Waals surface area contributed by atoms with Crippen LogP contribution in [0.1, 0.15) is 11.1 Å². The summed E-state index contributed by atoms with van der Waals surface area (Å²) in [6.45, 7) is 0. The van der Waals surface area contributed by atoms with Crippen molar-refractivity contribution in [2.75, 3.05) is 0 Å². The van der Waals surface area contributed by atoms with Crippen LogP contribution in [0, 0.1) is 0 Å². The fourth-order valence-electron chi connectivity index (χ4n) is 5.03. The van der Waals surface area contributed by atoms with E-state index in [1.165, 1.54) is 0 Å². The number of fused-ring (bicyclic) bond motifs is 2. The number of rotatable bonds is 2. The second-order valence-corrected chi connectivity index (χ2v) is 8.17. The van der Waals surface area contributed by atoms with Crippen molar-refractivity contribution >= 4 is 5.97 Å². The van der Waals surface area contributed by atoms with E-state index in [2.05, 4.69) is 48.5 Å². The van der Waals surface area contributed by atoms with E-state index in [0.717, 1.165) is 33.4 Å². The standard InChI is InChI=1S/C29H20O2/c30-27-29(28(31-27)15-9-1-2-10-16-28,25-17-21-11-5-3-6-12-22(21)18-25)26-19-23-13-7-4-8-14-24(23)20-26/h1-20H. The Hall–Kier alpha value is -3.91. The van der Waals surface area contributed by atoms with Crippen LogP contribution < -0.4 is 0 Å². The first kappa shape index (κ1) is 17.9. The molecule has 1 aliphatic heterocycles. The maximum absolute atomic E-state index is 13.5. The Bertz CT molecular complexity index is 1190. The lowest BCUT2D eigenvalue weighted by atomic mass is 9.59. The van der Waals surface area contributed by atoms with Crippen molar-refractivity contribution in [1.29, 1.82) is 0 Å². The molecule has 1 saturated heterocycles. The third-order valence-corrected chi connectivity index (χ3v) is 6.50. The largest absolute Gasteiger partial charge is 0.447 e. The van der Waals surface area contributed by atoms with E-state index < -0.39 is 11.0 Å². The molecule has 0 aromatic heterocycles. The SMILES string of the molecule is O=C1OC2(C=CC=CC=C2)C1(c1cc2cccccc-2c1)c1cc2cccccc-2c1. The summed E-state index contributed by atoms with van der Waals surface area (Å²) in [5.74, 6) is -0.219. The number of ether oxygens (including phenoxy) is 1. The van der Waals surface area contributed by atoms with Gasteiger partial charge in [0.05, 0.1) is 0 Å². The van der Waals surface area contributed by atoms with Crippen molar-refractivity contribution in [1.82, 2.24) is 0 Å². The van der Waals surface area contributed by atoms with Gasteiger partial charge in [0, 0.05) is 0 Å². The quantitative estimate of drug-likeness (QED) is 0.377. The van der Waals surface area contributed by atoms with Crippen LogP contribution >= 0.6 is 0 Å². The van der Waals surface area contributed by atoms with E-state index in [1.807, 2.05) is 72.9 Å². The van der Waals surface area contributed by atoms with Gasteiger partial charge < -0.3 is 4.74 Å². The minimum absolute atomic E-state index is 0.219. The number of esters is 1. The van der Waals surface area contributed by atoms with Crippen molar-refractivity contribution in [2.45, 2.75) is 11.0 Å². The van der Waals surface area contributed by atoms with Crippen molar-refractivity contribution < 1.29 is 9.53 Å². The Morgan fingerprint density at radius 2 is 0.968 bits per heavy atom. The summed E-state index contributed by atoms with van der Waals surface area (Å²) < 4.78 is 5.95. The van der Waals surface area contributed by atoms with E-state index >= 15 is 0 Å². The van der Waals surface area contributed by atoms with Crippen molar-refractivity contribution in [3.05, 3.63) is 133 Å². The molecule has 0 saturated carbocycles. The van der Waals surface area contributed by atoms with E-state index in [9.17, 15) is 4.79 Å². The van der Waals surface area contributed by atoms with Crippen LogP contribution in [-0.2, 0) is 14.9 Å². The van der Waals surface area contributed by atoms with Gasteiger partial charge in [0.25, 0.3) is 0 Å². The van der Waals surface area contributed by atoms with Gasteiger partial charge in [-0.25, -0.2) is 0 Å². The van der Waals surface area contributed by atoms with Crippen LogP contribution in [0.3, 0.4) is 0 Å². The second-order valence-electron chi connectivity index (χ2n) is 8.17. The summed E-state index contributed by atoms with van der Waals surface area (Å²) in [5, 5.41) is 0. The number of hydrogen-bond acceptors (Lipinski definition) is 2. The van der Waals surface area contributed by atoms with Gasteiger partial charge in [0.1, 0.15) is 0 Å². The first-order valence-electron chi connectivity index (χ1n) is 10.5. The van der Waals surface area contributed by atoms with Crippen molar-refractivity contribution in [3.8, 4) is 22.3 Å². The molecule has 6 rings (SSSR count). The number of carbonyl (C=O) groups is 1. The van der Waals surface area contributed by atoms with Crippen LogP contribution in [0.2, 0.25) is 0 Å². The fourth-order valence-corrected chi connectivity index (χ4v) is 5.03. The zero-order chi connectivity index (χ0) is 20.9. The smallest absolute Gasteiger partial charge is 0.327 e. The molecular weight excluding hydrogens is 380 g/mol. The molecule has 0 aromatic rings. The third-order valence-electron chi connectivity index (χ3n) is 6.50. The maximum atomic E-state index is 13.5. The molecule has 1 fully saturated rings. The number of hydrogen-bond donors (Lipinski definition) is 0. The van der Waals surface area contributed by atoms with E-state index in [1.54, 1.807) is 0 Å². The summed E-state index contributed by atoms with van der Waals surface area (Å²) in [6, 6.07) is 29.0. The van der Waals surface area contributed by atoms with Gasteiger partial charge in [-0.15, -0.1) is 0 Å². The summed E-state index contributed by atoms with van der Waals surface area (Å²) in [6.07, 6.45) is 11.9. The lowest BCUT2D eigenvalue weighted by Gasteiger charge is -2.53. The molecule has 5 aliphatic carbocycles. The van der Waals surface area contributed by atoms with Crippen LogP contribution in [0.5, 0.6) is 0 Å². The topological polar surface area (TPSA) is 26.3 Å². The molecule has 2 heteroatoms. The molecule has 0 unspecified atom stereocenters. The second kappa shape index (κ2) is 6.55. The molecule has 0 N–H and O–H groups in total. The Balaban J connectivity index is 1.68. The van der Waals surface area contributed by atoms with Gasteiger partial charge in [-0.2, -0.15) is 0 Å². The Morgan fingerprint density at radius 1 is 0.548 bits per heavy atom. The van der Waals surface area contributed by atoms with Gasteiger partial charge in [0.2, 0.25) is 0 Å². The van der Waals surface area contributed by atoms with Crippen LogP contribution in [-0.4, -0.2) is 11.6 Å². The normalized spacial score (nSPS) is 18.1. The Labute approximate surface area is 181 Å². The monoisotopic (exact) mass is 400 g/mol. The number of allylic oxidation sites excluding steroid dienone is 4. The molecular formula is C29H20O2. The zero-order valence-corrected chi connectivity index (χ0v) is 16.9. The molecule has 0 radical (unpaired) electrons. The summed E-state index contributed by atoms with van der Waals surface area (Å²) in [4.78, 5) is 13.5. The van der Waals surface area contributed by atoms with E-state index in [0.29, 0.717) is 0 Å². The molecule has 0 amide bonds. The Morgan fingerprint density at radius 3 is 1.35 bits per heavy atom. The highest BCUT2D eigenvalue weighted by atomic mass is 16.6. The molecule has 6 aliphatic rings. The van der Waals surface area contributed by atoms with Crippen LogP contribution in [0.25, 0.3) is 22.3 Å².